The van der Waals surface area contributed by atoms with Crippen molar-refractivity contribution in [3.8, 4) is 11.5 Å². The molecule has 2 N–H and O–H groups in total. The molecule has 0 saturated carbocycles. The van der Waals surface area contributed by atoms with Crippen LogP contribution in [-0.2, 0) is 9.59 Å². The zero-order valence-electron chi connectivity index (χ0n) is 16.5. The highest BCUT2D eigenvalue weighted by molar-refractivity contribution is 9.10. The maximum Gasteiger partial charge on any atom is 0.294 e. The molecule has 1 aliphatic rings. The molecule has 3 amide bonds. The first-order chi connectivity index (χ1) is 14.2. The third-order valence-electron chi connectivity index (χ3n) is 4.64. The number of anilines is 1. The van der Waals surface area contributed by atoms with Gasteiger partial charge in [-0.15, -0.1) is 0 Å². The van der Waals surface area contributed by atoms with Gasteiger partial charge in [0.25, 0.3) is 11.1 Å². The van der Waals surface area contributed by atoms with E-state index in [1.165, 1.54) is 19.3 Å². The zero-order chi connectivity index (χ0) is 22.0. The maximum absolute atomic E-state index is 12.7. The fraction of sp³-hybridized carbons (Fsp3) is 0.190. The van der Waals surface area contributed by atoms with Crippen LogP contribution in [0.2, 0.25) is 0 Å². The standard InChI is InChI=1S/C21H19BrN2O5S/c1-11-5-4-6-15(12(11)2)23-19(26)10-24-20(27)18(30-21(24)28)8-13-7-17(29-3)16(25)9-14(13)22/h4-9,25H,10H2,1-3H3,(H,23,26)/b18-8-. The van der Waals surface area contributed by atoms with Crippen LogP contribution in [0.25, 0.3) is 6.08 Å². The minimum atomic E-state index is -0.556. The minimum Gasteiger partial charge on any atom is -0.504 e. The molecule has 9 heteroatoms. The molecule has 1 saturated heterocycles. The lowest BCUT2D eigenvalue weighted by Gasteiger charge is -2.14. The third-order valence-corrected chi connectivity index (χ3v) is 6.23. The van der Waals surface area contributed by atoms with E-state index in [9.17, 15) is 19.5 Å². The molecule has 0 spiro atoms. The van der Waals surface area contributed by atoms with Gasteiger partial charge in [-0.25, -0.2) is 0 Å². The molecule has 7 nitrogen and oxygen atoms in total. The van der Waals surface area contributed by atoms with Gasteiger partial charge in [0.1, 0.15) is 6.54 Å². The molecule has 3 rings (SSSR count). The van der Waals surface area contributed by atoms with Gasteiger partial charge in [0.15, 0.2) is 11.5 Å². The minimum absolute atomic E-state index is 0.0576. The molecule has 156 valence electrons. The number of ether oxygens (including phenoxy) is 1. The monoisotopic (exact) mass is 490 g/mol. The van der Waals surface area contributed by atoms with Crippen LogP contribution in [0.15, 0.2) is 39.7 Å². The van der Waals surface area contributed by atoms with Crippen LogP contribution in [0.1, 0.15) is 16.7 Å². The Hall–Kier alpha value is -2.78. The van der Waals surface area contributed by atoms with Crippen molar-refractivity contribution in [3.63, 3.8) is 0 Å². The lowest BCUT2D eigenvalue weighted by Crippen LogP contribution is -2.36. The molecule has 0 bridgehead atoms. The SMILES string of the molecule is COc1cc(/C=C2\SC(=O)N(CC(=O)Nc3cccc(C)c3C)C2=O)c(Br)cc1O. The van der Waals surface area contributed by atoms with Gasteiger partial charge in [-0.05, 0) is 66.6 Å². The van der Waals surface area contributed by atoms with E-state index in [4.69, 9.17) is 4.74 Å². The van der Waals surface area contributed by atoms with E-state index in [2.05, 4.69) is 21.2 Å². The van der Waals surface area contributed by atoms with Crippen LogP contribution in [0.4, 0.5) is 10.5 Å². The second-order valence-corrected chi connectivity index (χ2v) is 8.46. The Morgan fingerprint density at radius 2 is 2.03 bits per heavy atom. The average Bonchev–Trinajstić information content (AvgIpc) is 2.95. The number of thioether (sulfide) groups is 1. The Morgan fingerprint density at radius 3 is 2.73 bits per heavy atom. The third kappa shape index (κ3) is 4.52. The van der Waals surface area contributed by atoms with Gasteiger partial charge in [-0.3, -0.25) is 19.3 Å². The Labute approximate surface area is 186 Å². The van der Waals surface area contributed by atoms with Crippen LogP contribution < -0.4 is 10.1 Å². The molecule has 0 radical (unpaired) electrons. The zero-order valence-corrected chi connectivity index (χ0v) is 18.9. The Bertz CT molecular complexity index is 1080. The van der Waals surface area contributed by atoms with Crippen molar-refractivity contribution < 1.29 is 24.2 Å². The van der Waals surface area contributed by atoms with Gasteiger partial charge in [-0.1, -0.05) is 28.1 Å². The van der Waals surface area contributed by atoms with Crippen molar-refractivity contribution in [3.05, 3.63) is 56.4 Å². The van der Waals surface area contributed by atoms with E-state index in [1.807, 2.05) is 26.0 Å². The molecule has 2 aromatic rings. The van der Waals surface area contributed by atoms with E-state index < -0.39 is 17.1 Å². The van der Waals surface area contributed by atoms with Crippen molar-refractivity contribution in [1.82, 2.24) is 4.90 Å². The molecule has 2 aromatic carbocycles. The first-order valence-corrected chi connectivity index (χ1v) is 10.5. The van der Waals surface area contributed by atoms with Crippen LogP contribution in [0, 0.1) is 13.8 Å². The summed E-state index contributed by atoms with van der Waals surface area (Å²) < 4.78 is 5.61. The summed E-state index contributed by atoms with van der Waals surface area (Å²) in [4.78, 5) is 38.5. The fourth-order valence-corrected chi connectivity index (χ4v) is 4.11. The summed E-state index contributed by atoms with van der Waals surface area (Å²) in [6, 6.07) is 8.50. The quantitative estimate of drug-likeness (QED) is 0.600. The number of halogens is 1. The number of carbonyl (C=O) groups is 3. The molecular weight excluding hydrogens is 472 g/mol. The number of amides is 3. The Morgan fingerprint density at radius 1 is 1.30 bits per heavy atom. The first kappa shape index (κ1) is 21.9. The molecule has 1 aliphatic heterocycles. The first-order valence-electron chi connectivity index (χ1n) is 8.89. The Balaban J connectivity index is 1.77. The summed E-state index contributed by atoms with van der Waals surface area (Å²) in [7, 11) is 1.41. The number of hydrogen-bond acceptors (Lipinski definition) is 6. The second kappa shape index (κ2) is 8.93. The highest BCUT2D eigenvalue weighted by Crippen LogP contribution is 2.37. The smallest absolute Gasteiger partial charge is 0.294 e. The van der Waals surface area contributed by atoms with E-state index in [0.29, 0.717) is 15.7 Å². The molecule has 0 aliphatic carbocycles. The number of carbonyl (C=O) groups excluding carboxylic acids is 3. The van der Waals surface area contributed by atoms with Gasteiger partial charge in [0.05, 0.1) is 12.0 Å². The largest absolute Gasteiger partial charge is 0.504 e. The number of aromatic hydroxyl groups is 1. The van der Waals surface area contributed by atoms with E-state index in [-0.39, 0.29) is 22.9 Å². The van der Waals surface area contributed by atoms with Crippen LogP contribution in [0.3, 0.4) is 0 Å². The molecule has 1 fully saturated rings. The van der Waals surface area contributed by atoms with Crippen LogP contribution in [0.5, 0.6) is 11.5 Å². The molecule has 1 heterocycles. The fourth-order valence-electron chi connectivity index (χ4n) is 2.83. The highest BCUT2D eigenvalue weighted by atomic mass is 79.9. The molecule has 0 atom stereocenters. The summed E-state index contributed by atoms with van der Waals surface area (Å²) in [5, 5.41) is 12.0. The topological polar surface area (TPSA) is 95.9 Å². The number of nitrogens with zero attached hydrogens (tertiary/aromatic N) is 1. The summed E-state index contributed by atoms with van der Waals surface area (Å²) in [5.41, 5.74) is 3.14. The lowest BCUT2D eigenvalue weighted by molar-refractivity contribution is -0.127. The summed E-state index contributed by atoms with van der Waals surface area (Å²) in [6.07, 6.45) is 1.51. The van der Waals surface area contributed by atoms with Crippen molar-refractivity contribution in [2.24, 2.45) is 0 Å². The number of benzene rings is 2. The number of aryl methyl sites for hydroxylation is 1. The van der Waals surface area contributed by atoms with Gasteiger partial charge < -0.3 is 15.2 Å². The summed E-state index contributed by atoms with van der Waals surface area (Å²) >= 11 is 4.07. The molecule has 0 unspecified atom stereocenters. The number of methoxy groups -OCH3 is 1. The number of rotatable bonds is 5. The summed E-state index contributed by atoms with van der Waals surface area (Å²) in [6.45, 7) is 3.44. The van der Waals surface area contributed by atoms with Gasteiger partial charge in [0, 0.05) is 10.2 Å². The van der Waals surface area contributed by atoms with Gasteiger partial charge in [-0.2, -0.15) is 0 Å². The molecule has 0 aromatic heterocycles. The highest BCUT2D eigenvalue weighted by Gasteiger charge is 2.36. The predicted molar refractivity (Wildman–Crippen MR) is 120 cm³/mol. The van der Waals surface area contributed by atoms with E-state index in [0.717, 1.165) is 27.8 Å². The van der Waals surface area contributed by atoms with Crippen LogP contribution in [-0.4, -0.2) is 40.7 Å². The average molecular weight is 491 g/mol. The van der Waals surface area contributed by atoms with Crippen molar-refractivity contribution in [1.29, 1.82) is 0 Å². The van der Waals surface area contributed by atoms with Gasteiger partial charge in [0.2, 0.25) is 5.91 Å². The molecular formula is C21H19BrN2O5S. The predicted octanol–water partition coefficient (Wildman–Crippen LogP) is 4.46. The van der Waals surface area contributed by atoms with Crippen LogP contribution >= 0.6 is 27.7 Å². The maximum atomic E-state index is 12.7. The number of phenolic OH excluding ortho intramolecular Hbond substituents is 1. The number of nitrogens with one attached hydrogen (secondary N) is 1. The number of hydrogen-bond donors (Lipinski definition) is 2. The summed E-state index contributed by atoms with van der Waals surface area (Å²) in [5.74, 6) is -0.839. The second-order valence-electron chi connectivity index (χ2n) is 6.61. The lowest BCUT2D eigenvalue weighted by atomic mass is 10.1. The van der Waals surface area contributed by atoms with Crippen molar-refractivity contribution in [2.75, 3.05) is 19.0 Å². The Kier molecular flexibility index (Phi) is 6.52. The van der Waals surface area contributed by atoms with E-state index >= 15 is 0 Å². The number of imide groups is 1. The van der Waals surface area contributed by atoms with Gasteiger partial charge >= 0.3 is 0 Å². The van der Waals surface area contributed by atoms with Crippen molar-refractivity contribution >= 4 is 56.5 Å². The number of phenols is 1. The normalized spacial score (nSPS) is 15.1. The van der Waals surface area contributed by atoms with Crippen molar-refractivity contribution in [2.45, 2.75) is 13.8 Å². The van der Waals surface area contributed by atoms with E-state index in [1.54, 1.807) is 12.1 Å². The molecule has 30 heavy (non-hydrogen) atoms.